The number of halogens is 1. The summed E-state index contributed by atoms with van der Waals surface area (Å²) in [5.41, 5.74) is 5.22. The van der Waals surface area contributed by atoms with Gasteiger partial charge in [-0.3, -0.25) is 20.4 Å². The van der Waals surface area contributed by atoms with Gasteiger partial charge in [-0.15, -0.1) is 0 Å². The molecular formula is C17H18ClN3O5S. The van der Waals surface area contributed by atoms with E-state index in [9.17, 15) is 18.0 Å². The maximum absolute atomic E-state index is 12.2. The lowest BCUT2D eigenvalue weighted by atomic mass is 10.2. The van der Waals surface area contributed by atoms with Gasteiger partial charge in [0.05, 0.1) is 15.5 Å². The zero-order valence-electron chi connectivity index (χ0n) is 14.6. The van der Waals surface area contributed by atoms with E-state index < -0.39 is 21.8 Å². The van der Waals surface area contributed by atoms with Gasteiger partial charge >= 0.3 is 0 Å². The Balaban J connectivity index is 1.97. The molecule has 2 amide bonds. The predicted octanol–water partition coefficient (Wildman–Crippen LogP) is 1.40. The Bertz CT molecular complexity index is 963. The number of sulfonamides is 1. The van der Waals surface area contributed by atoms with Gasteiger partial charge in [-0.1, -0.05) is 23.7 Å². The zero-order chi connectivity index (χ0) is 20.0. The fraction of sp³-hybridized carbons (Fsp3) is 0.176. The summed E-state index contributed by atoms with van der Waals surface area (Å²) in [5.74, 6) is -0.846. The van der Waals surface area contributed by atoms with Crippen LogP contribution in [0.2, 0.25) is 5.02 Å². The summed E-state index contributed by atoms with van der Waals surface area (Å²) in [4.78, 5) is 23.9. The molecule has 0 aliphatic heterocycles. The van der Waals surface area contributed by atoms with E-state index in [0.29, 0.717) is 5.75 Å². The lowest BCUT2D eigenvalue weighted by molar-refractivity contribution is -0.123. The van der Waals surface area contributed by atoms with Crippen molar-refractivity contribution in [2.24, 2.45) is 0 Å². The molecule has 2 rings (SSSR count). The Hall–Kier alpha value is -2.62. The fourth-order valence-corrected chi connectivity index (χ4v) is 3.01. The zero-order valence-corrected chi connectivity index (χ0v) is 16.1. The van der Waals surface area contributed by atoms with E-state index in [1.807, 2.05) is 13.0 Å². The van der Waals surface area contributed by atoms with Crippen LogP contribution in [-0.2, 0) is 14.8 Å². The van der Waals surface area contributed by atoms with Crippen molar-refractivity contribution in [1.82, 2.24) is 15.6 Å². The second-order valence-electron chi connectivity index (χ2n) is 5.46. The highest BCUT2D eigenvalue weighted by molar-refractivity contribution is 7.89. The molecule has 144 valence electrons. The summed E-state index contributed by atoms with van der Waals surface area (Å²) in [6.07, 6.45) is 0. The highest BCUT2D eigenvalue weighted by Crippen LogP contribution is 2.20. The van der Waals surface area contributed by atoms with E-state index in [1.54, 1.807) is 18.2 Å². The Morgan fingerprint density at radius 2 is 1.85 bits per heavy atom. The van der Waals surface area contributed by atoms with Crippen molar-refractivity contribution >= 4 is 33.4 Å². The predicted molar refractivity (Wildman–Crippen MR) is 100.0 cm³/mol. The molecule has 0 saturated heterocycles. The van der Waals surface area contributed by atoms with E-state index in [2.05, 4.69) is 15.6 Å². The van der Waals surface area contributed by atoms with Crippen LogP contribution in [0.5, 0.6) is 5.75 Å². The minimum atomic E-state index is -3.74. The van der Waals surface area contributed by atoms with Crippen molar-refractivity contribution in [2.45, 2.75) is 11.8 Å². The number of hydrazine groups is 1. The summed E-state index contributed by atoms with van der Waals surface area (Å²) in [5, 5.41) is 0.0350. The molecule has 27 heavy (non-hydrogen) atoms. The molecule has 0 atom stereocenters. The second-order valence-corrected chi connectivity index (χ2v) is 7.75. The van der Waals surface area contributed by atoms with Crippen LogP contribution in [0.25, 0.3) is 0 Å². The van der Waals surface area contributed by atoms with E-state index in [-0.39, 0.29) is 22.1 Å². The average Bonchev–Trinajstić information content (AvgIpc) is 2.64. The van der Waals surface area contributed by atoms with Gasteiger partial charge in [0.1, 0.15) is 5.75 Å². The number of nitrogens with one attached hydrogen (secondary N) is 3. The third-order valence-corrected chi connectivity index (χ3v) is 5.18. The van der Waals surface area contributed by atoms with Crippen molar-refractivity contribution < 1.29 is 22.7 Å². The summed E-state index contributed by atoms with van der Waals surface area (Å²) in [6.45, 7) is 1.57. The molecule has 8 nitrogen and oxygen atoms in total. The molecule has 0 saturated carbocycles. The topological polar surface area (TPSA) is 114 Å². The lowest BCUT2D eigenvalue weighted by Gasteiger charge is -2.11. The molecule has 0 fully saturated rings. The largest absolute Gasteiger partial charge is 0.484 e. The van der Waals surface area contributed by atoms with Crippen LogP contribution in [0, 0.1) is 6.92 Å². The number of ether oxygens (including phenoxy) is 1. The van der Waals surface area contributed by atoms with Crippen molar-refractivity contribution in [2.75, 3.05) is 13.7 Å². The molecule has 0 radical (unpaired) electrons. The first kappa shape index (κ1) is 20.7. The van der Waals surface area contributed by atoms with Crippen LogP contribution in [0.3, 0.4) is 0 Å². The van der Waals surface area contributed by atoms with E-state index in [1.165, 1.54) is 19.2 Å². The molecule has 0 spiro atoms. The molecule has 0 aromatic heterocycles. The Labute approximate surface area is 161 Å². The first-order chi connectivity index (χ1) is 12.7. The highest BCUT2D eigenvalue weighted by atomic mass is 35.5. The van der Waals surface area contributed by atoms with Gasteiger partial charge in [0, 0.05) is 0 Å². The molecule has 2 aromatic rings. The standard InChI is InChI=1S/C17H18ClN3O5S/c1-11-4-3-5-12(8-11)26-10-16(22)20-21-17(23)14-9-13(6-7-15(14)18)27(24,25)19-2/h3-9,19H,10H2,1-2H3,(H,20,22)(H,21,23). The molecular weight excluding hydrogens is 394 g/mol. The van der Waals surface area contributed by atoms with Crippen LogP contribution in [-0.4, -0.2) is 33.9 Å². The summed E-state index contributed by atoms with van der Waals surface area (Å²) in [7, 11) is -2.49. The SMILES string of the molecule is CNS(=O)(=O)c1ccc(Cl)c(C(=O)NNC(=O)COc2cccc(C)c2)c1. The minimum Gasteiger partial charge on any atom is -0.484 e. The molecule has 0 aliphatic carbocycles. The van der Waals surface area contributed by atoms with Gasteiger partial charge in [-0.25, -0.2) is 13.1 Å². The summed E-state index contributed by atoms with van der Waals surface area (Å²) in [6, 6.07) is 10.8. The number of carbonyl (C=O) groups excluding carboxylic acids is 2. The van der Waals surface area contributed by atoms with Gasteiger partial charge in [-0.2, -0.15) is 0 Å². The number of benzene rings is 2. The van der Waals surface area contributed by atoms with Crippen LogP contribution in [0.15, 0.2) is 47.4 Å². The smallest absolute Gasteiger partial charge is 0.276 e. The first-order valence-electron chi connectivity index (χ1n) is 7.74. The molecule has 0 aliphatic rings. The van der Waals surface area contributed by atoms with E-state index in [0.717, 1.165) is 11.6 Å². The summed E-state index contributed by atoms with van der Waals surface area (Å²) < 4.78 is 31.1. The maximum atomic E-state index is 12.2. The Kier molecular flexibility index (Phi) is 6.78. The number of rotatable bonds is 6. The molecule has 0 bridgehead atoms. The Morgan fingerprint density at radius 3 is 2.52 bits per heavy atom. The third-order valence-electron chi connectivity index (χ3n) is 3.44. The molecule has 0 unspecified atom stereocenters. The lowest BCUT2D eigenvalue weighted by Crippen LogP contribution is -2.44. The van der Waals surface area contributed by atoms with Gasteiger partial charge in [0.15, 0.2) is 6.61 Å². The van der Waals surface area contributed by atoms with Crippen molar-refractivity contribution in [3.05, 3.63) is 58.6 Å². The van der Waals surface area contributed by atoms with E-state index in [4.69, 9.17) is 16.3 Å². The van der Waals surface area contributed by atoms with Gasteiger partial charge in [0.2, 0.25) is 10.0 Å². The van der Waals surface area contributed by atoms with Gasteiger partial charge in [0.25, 0.3) is 11.8 Å². The van der Waals surface area contributed by atoms with Crippen LogP contribution in [0.4, 0.5) is 0 Å². The third kappa shape index (κ3) is 5.68. The number of aryl methyl sites for hydroxylation is 1. The van der Waals surface area contributed by atoms with Crippen molar-refractivity contribution in [3.63, 3.8) is 0 Å². The van der Waals surface area contributed by atoms with Gasteiger partial charge in [-0.05, 0) is 49.9 Å². The van der Waals surface area contributed by atoms with Crippen LogP contribution >= 0.6 is 11.6 Å². The van der Waals surface area contributed by atoms with Crippen molar-refractivity contribution in [3.8, 4) is 5.75 Å². The summed E-state index contributed by atoms with van der Waals surface area (Å²) >= 11 is 5.94. The molecule has 10 heteroatoms. The number of hydrogen-bond acceptors (Lipinski definition) is 5. The average molecular weight is 412 g/mol. The molecule has 0 heterocycles. The second kappa shape index (κ2) is 8.85. The number of carbonyl (C=O) groups is 2. The monoisotopic (exact) mass is 411 g/mol. The van der Waals surface area contributed by atoms with Crippen LogP contribution < -0.4 is 20.3 Å². The number of amides is 2. The molecule has 3 N–H and O–H groups in total. The maximum Gasteiger partial charge on any atom is 0.276 e. The fourth-order valence-electron chi connectivity index (χ4n) is 2.05. The van der Waals surface area contributed by atoms with Crippen LogP contribution in [0.1, 0.15) is 15.9 Å². The Morgan fingerprint density at radius 1 is 1.11 bits per heavy atom. The van der Waals surface area contributed by atoms with Crippen molar-refractivity contribution in [1.29, 1.82) is 0 Å². The molecule has 2 aromatic carbocycles. The minimum absolute atomic E-state index is 0.0350. The van der Waals surface area contributed by atoms with Gasteiger partial charge < -0.3 is 4.74 Å². The normalized spacial score (nSPS) is 10.9. The quantitative estimate of drug-likeness (QED) is 0.622. The first-order valence-corrected chi connectivity index (χ1v) is 9.61. The highest BCUT2D eigenvalue weighted by Gasteiger charge is 2.18. The van der Waals surface area contributed by atoms with E-state index >= 15 is 0 Å². The number of hydrogen-bond donors (Lipinski definition) is 3.